The number of hydrogen-bond donors (Lipinski definition) is 0. The van der Waals surface area contributed by atoms with Crippen LogP contribution in [0.1, 0.15) is 26.7 Å². The predicted molar refractivity (Wildman–Crippen MR) is 37.5 cm³/mol. The summed E-state index contributed by atoms with van der Waals surface area (Å²) in [5.41, 5.74) is 0.965. The topological polar surface area (TPSA) is 0 Å². The van der Waals surface area contributed by atoms with Gasteiger partial charge >= 0.3 is 0 Å². The molecule has 0 rings (SSSR count). The van der Waals surface area contributed by atoms with Crippen LogP contribution < -0.4 is 0 Å². The van der Waals surface area contributed by atoms with Crippen molar-refractivity contribution in [1.29, 1.82) is 0 Å². The van der Waals surface area contributed by atoms with Crippen molar-refractivity contribution in [2.24, 2.45) is 0 Å². The average Bonchev–Trinajstić information content (AvgIpc) is 1.83. The standard InChI is InChI=1S/C8H13/c1-4-6-7-8(3)5-2/h3,6-7H,4-5H2,1-2H3/b7-6+,8-3?. The van der Waals surface area contributed by atoms with E-state index in [2.05, 4.69) is 19.9 Å². The highest BCUT2D eigenvalue weighted by Gasteiger charge is 1.77. The third kappa shape index (κ3) is 3.66. The Labute approximate surface area is 51.9 Å². The lowest BCUT2D eigenvalue weighted by Gasteiger charge is -1.87. The summed E-state index contributed by atoms with van der Waals surface area (Å²) in [5, 5.41) is 0. The zero-order chi connectivity index (χ0) is 6.41. The normalized spacial score (nSPS) is 10.2. The summed E-state index contributed by atoms with van der Waals surface area (Å²) in [6.07, 6.45) is 6.07. The molecule has 0 atom stereocenters. The minimum absolute atomic E-state index is 0.955. The van der Waals surface area contributed by atoms with Gasteiger partial charge < -0.3 is 0 Å². The van der Waals surface area contributed by atoms with Crippen LogP contribution in [0.25, 0.3) is 0 Å². The molecule has 45 valence electrons. The van der Waals surface area contributed by atoms with Crippen LogP contribution >= 0.6 is 0 Å². The summed E-state index contributed by atoms with van der Waals surface area (Å²) in [5.74, 6) is 0. The zero-order valence-electron chi connectivity index (χ0n) is 5.65. The van der Waals surface area contributed by atoms with Gasteiger partial charge in [-0.05, 0) is 18.4 Å². The van der Waals surface area contributed by atoms with Gasteiger partial charge in [-0.1, -0.05) is 32.6 Å². The fourth-order valence-electron chi connectivity index (χ4n) is 0.387. The van der Waals surface area contributed by atoms with Gasteiger partial charge in [0.15, 0.2) is 0 Å². The number of rotatable bonds is 3. The maximum Gasteiger partial charge on any atom is -0.0308 e. The van der Waals surface area contributed by atoms with Gasteiger partial charge in [0.2, 0.25) is 0 Å². The SMILES string of the molecule is [CH]=C(/C=C/CC)CC. The summed E-state index contributed by atoms with van der Waals surface area (Å²) in [4.78, 5) is 0. The lowest BCUT2D eigenvalue weighted by atomic mass is 10.2. The summed E-state index contributed by atoms with van der Waals surface area (Å²) < 4.78 is 0. The molecule has 0 aromatic rings. The van der Waals surface area contributed by atoms with Crippen LogP contribution in [0.5, 0.6) is 0 Å². The molecule has 0 fully saturated rings. The second-order valence-corrected chi connectivity index (χ2v) is 1.74. The van der Waals surface area contributed by atoms with Crippen molar-refractivity contribution in [3.8, 4) is 0 Å². The third-order valence-corrected chi connectivity index (χ3v) is 0.976. The highest BCUT2D eigenvalue weighted by Crippen LogP contribution is 1.97. The van der Waals surface area contributed by atoms with Crippen LogP contribution in [0.2, 0.25) is 0 Å². The molecule has 0 heteroatoms. The largest absolute Gasteiger partial charge is 0.0845 e. The highest BCUT2D eigenvalue weighted by molar-refractivity contribution is 5.11. The van der Waals surface area contributed by atoms with Gasteiger partial charge in [0.25, 0.3) is 0 Å². The molecular formula is C8H13. The first-order valence-corrected chi connectivity index (χ1v) is 3.09. The van der Waals surface area contributed by atoms with Crippen LogP contribution in [0.4, 0.5) is 0 Å². The summed E-state index contributed by atoms with van der Waals surface area (Å²) in [6, 6.07) is 0. The van der Waals surface area contributed by atoms with E-state index in [1.54, 1.807) is 0 Å². The van der Waals surface area contributed by atoms with Gasteiger partial charge in [-0.15, -0.1) is 0 Å². The first-order valence-electron chi connectivity index (χ1n) is 3.09. The van der Waals surface area contributed by atoms with Crippen LogP contribution in [0.3, 0.4) is 0 Å². The second kappa shape index (κ2) is 4.63. The van der Waals surface area contributed by atoms with E-state index in [-0.39, 0.29) is 0 Å². The fourth-order valence-corrected chi connectivity index (χ4v) is 0.387. The first-order chi connectivity index (χ1) is 3.81. The van der Waals surface area contributed by atoms with Gasteiger partial charge in [-0.25, -0.2) is 0 Å². The van der Waals surface area contributed by atoms with Crippen molar-refractivity contribution in [2.45, 2.75) is 26.7 Å². The van der Waals surface area contributed by atoms with Gasteiger partial charge in [-0.2, -0.15) is 0 Å². The van der Waals surface area contributed by atoms with E-state index < -0.39 is 0 Å². The Bertz CT molecular complexity index is 88.2. The van der Waals surface area contributed by atoms with E-state index in [1.165, 1.54) is 0 Å². The minimum Gasteiger partial charge on any atom is -0.0845 e. The molecule has 0 heterocycles. The Morgan fingerprint density at radius 3 is 2.50 bits per heavy atom. The van der Waals surface area contributed by atoms with Gasteiger partial charge in [0.05, 0.1) is 0 Å². The molecule has 1 radical (unpaired) electrons. The molecule has 8 heavy (non-hydrogen) atoms. The zero-order valence-corrected chi connectivity index (χ0v) is 5.65. The van der Waals surface area contributed by atoms with Gasteiger partial charge in [0.1, 0.15) is 0 Å². The molecule has 0 bridgehead atoms. The van der Waals surface area contributed by atoms with Crippen molar-refractivity contribution in [3.63, 3.8) is 0 Å². The van der Waals surface area contributed by atoms with E-state index in [4.69, 9.17) is 6.58 Å². The monoisotopic (exact) mass is 109 g/mol. The Morgan fingerprint density at radius 2 is 2.12 bits per heavy atom. The van der Waals surface area contributed by atoms with Crippen LogP contribution in [0, 0.1) is 6.58 Å². The van der Waals surface area contributed by atoms with E-state index >= 15 is 0 Å². The van der Waals surface area contributed by atoms with Crippen molar-refractivity contribution in [1.82, 2.24) is 0 Å². The maximum absolute atomic E-state index is 5.49. The van der Waals surface area contributed by atoms with Crippen molar-refractivity contribution < 1.29 is 0 Å². The lowest BCUT2D eigenvalue weighted by molar-refractivity contribution is 1.14. The Hall–Kier alpha value is -0.520. The fraction of sp³-hybridized carbons (Fsp3) is 0.500. The first kappa shape index (κ1) is 7.48. The number of hydrogen-bond acceptors (Lipinski definition) is 0. The molecule has 0 spiro atoms. The van der Waals surface area contributed by atoms with Gasteiger partial charge in [0, 0.05) is 0 Å². The molecule has 0 saturated heterocycles. The molecule has 0 saturated carbocycles. The molecule has 0 unspecified atom stereocenters. The molecule has 0 aromatic carbocycles. The number of allylic oxidation sites excluding steroid dienone is 3. The molecule has 0 aromatic heterocycles. The lowest BCUT2D eigenvalue weighted by Crippen LogP contribution is -1.67. The maximum atomic E-state index is 5.49. The van der Waals surface area contributed by atoms with Crippen molar-refractivity contribution in [2.75, 3.05) is 0 Å². The molecule has 0 N–H and O–H groups in total. The Kier molecular flexibility index (Phi) is 4.33. The Balaban J connectivity index is 3.37. The van der Waals surface area contributed by atoms with E-state index in [1.807, 2.05) is 6.08 Å². The molecule has 0 aliphatic carbocycles. The van der Waals surface area contributed by atoms with E-state index in [9.17, 15) is 0 Å². The minimum atomic E-state index is 0.955. The smallest absolute Gasteiger partial charge is 0.0308 e. The molecule has 0 aliphatic heterocycles. The van der Waals surface area contributed by atoms with Crippen molar-refractivity contribution in [3.05, 3.63) is 24.3 Å². The summed E-state index contributed by atoms with van der Waals surface area (Å²) >= 11 is 0. The molecule has 0 nitrogen and oxygen atoms in total. The molecular weight excluding hydrogens is 96.1 g/mol. The molecule has 0 amide bonds. The van der Waals surface area contributed by atoms with E-state index in [0.29, 0.717) is 0 Å². The van der Waals surface area contributed by atoms with E-state index in [0.717, 1.165) is 18.4 Å². The average molecular weight is 109 g/mol. The molecule has 0 aliphatic rings. The Morgan fingerprint density at radius 1 is 1.50 bits per heavy atom. The third-order valence-electron chi connectivity index (χ3n) is 0.976. The highest BCUT2D eigenvalue weighted by atomic mass is 13.8. The van der Waals surface area contributed by atoms with Crippen LogP contribution in [-0.2, 0) is 0 Å². The summed E-state index contributed by atoms with van der Waals surface area (Å²) in [7, 11) is 0. The van der Waals surface area contributed by atoms with Gasteiger partial charge in [-0.3, -0.25) is 0 Å². The van der Waals surface area contributed by atoms with Crippen LogP contribution in [0.15, 0.2) is 17.7 Å². The summed E-state index contributed by atoms with van der Waals surface area (Å²) in [6.45, 7) is 9.64. The predicted octanol–water partition coefficient (Wildman–Crippen LogP) is 2.72. The van der Waals surface area contributed by atoms with Crippen LogP contribution in [-0.4, -0.2) is 0 Å². The second-order valence-electron chi connectivity index (χ2n) is 1.74. The van der Waals surface area contributed by atoms with Crippen molar-refractivity contribution >= 4 is 0 Å². The quantitative estimate of drug-likeness (QED) is 0.489.